The summed E-state index contributed by atoms with van der Waals surface area (Å²) in [6, 6.07) is 41.3. The van der Waals surface area contributed by atoms with Crippen LogP contribution in [0.25, 0.3) is 34.0 Å². The number of fused-ring (bicyclic) bond motifs is 1. The van der Waals surface area contributed by atoms with E-state index in [0.717, 1.165) is 59.4 Å². The van der Waals surface area contributed by atoms with Crippen molar-refractivity contribution in [2.75, 3.05) is 4.90 Å². The monoisotopic (exact) mass is 631 g/mol. The van der Waals surface area contributed by atoms with Gasteiger partial charge in [0.05, 0.1) is 16.9 Å². The molecular formula is C42H41N5O. The molecule has 6 nitrogen and oxygen atoms in total. The van der Waals surface area contributed by atoms with E-state index >= 15 is 0 Å². The van der Waals surface area contributed by atoms with Gasteiger partial charge in [-0.1, -0.05) is 107 Å². The Labute approximate surface area is 283 Å². The van der Waals surface area contributed by atoms with E-state index in [0.29, 0.717) is 17.6 Å². The molecule has 0 aliphatic carbocycles. The molecule has 6 aromatic rings. The lowest BCUT2D eigenvalue weighted by atomic mass is 9.81. The molecular weight excluding hydrogens is 590 g/mol. The molecule has 0 bridgehead atoms. The van der Waals surface area contributed by atoms with E-state index in [1.807, 2.05) is 72.9 Å². The number of hydrogen-bond donors (Lipinski definition) is 0. The summed E-state index contributed by atoms with van der Waals surface area (Å²) in [5.41, 5.74) is 7.74. The minimum absolute atomic E-state index is 0.239. The van der Waals surface area contributed by atoms with Gasteiger partial charge in [-0.05, 0) is 79.3 Å². The first-order chi connectivity index (χ1) is 23.5. The van der Waals surface area contributed by atoms with E-state index in [2.05, 4.69) is 87.2 Å². The Bertz CT molecular complexity index is 1950. The minimum atomic E-state index is -0.282. The number of ether oxygens (including phenoxy) is 1. The molecule has 2 aromatic heterocycles. The predicted octanol–water partition coefficient (Wildman–Crippen LogP) is 10.8. The topological polar surface area (TPSA) is 64.0 Å². The molecule has 0 saturated heterocycles. The van der Waals surface area contributed by atoms with Gasteiger partial charge in [0.2, 0.25) is 5.95 Å². The predicted molar refractivity (Wildman–Crippen MR) is 194 cm³/mol. The van der Waals surface area contributed by atoms with E-state index in [1.54, 1.807) is 0 Å². The van der Waals surface area contributed by atoms with Gasteiger partial charge in [-0.3, -0.25) is 9.88 Å². The Morgan fingerprint density at radius 3 is 1.58 bits per heavy atom. The van der Waals surface area contributed by atoms with Crippen molar-refractivity contribution < 1.29 is 4.74 Å². The summed E-state index contributed by atoms with van der Waals surface area (Å²) >= 11 is 0. The second-order valence-corrected chi connectivity index (χ2v) is 12.4. The van der Waals surface area contributed by atoms with Crippen LogP contribution in [0.3, 0.4) is 0 Å². The van der Waals surface area contributed by atoms with Crippen molar-refractivity contribution in [3.8, 4) is 34.0 Å². The lowest BCUT2D eigenvalue weighted by Gasteiger charge is -2.34. The van der Waals surface area contributed by atoms with Crippen molar-refractivity contribution in [3.63, 3.8) is 0 Å². The van der Waals surface area contributed by atoms with E-state index < -0.39 is 0 Å². The summed E-state index contributed by atoms with van der Waals surface area (Å²) in [7, 11) is 0. The molecule has 48 heavy (non-hydrogen) atoms. The largest absolute Gasteiger partial charge is 0.359 e. The number of pyridine rings is 1. The molecule has 0 saturated carbocycles. The summed E-state index contributed by atoms with van der Waals surface area (Å²) in [6.45, 7) is 8.94. The highest BCUT2D eigenvalue weighted by molar-refractivity contribution is 5.75. The first kappa shape index (κ1) is 31.4. The maximum atomic E-state index is 6.97. The van der Waals surface area contributed by atoms with E-state index in [-0.39, 0.29) is 11.2 Å². The molecule has 4 aromatic carbocycles. The molecule has 240 valence electrons. The van der Waals surface area contributed by atoms with E-state index in [4.69, 9.17) is 24.7 Å². The fourth-order valence-electron chi connectivity index (χ4n) is 7.05. The van der Waals surface area contributed by atoms with Crippen LogP contribution in [0, 0.1) is 0 Å². The van der Waals surface area contributed by atoms with Gasteiger partial charge >= 0.3 is 0 Å². The second-order valence-electron chi connectivity index (χ2n) is 12.4. The van der Waals surface area contributed by atoms with Crippen LogP contribution in [0.1, 0.15) is 64.5 Å². The Morgan fingerprint density at radius 1 is 0.521 bits per heavy atom. The third kappa shape index (κ3) is 5.56. The lowest BCUT2D eigenvalue weighted by Crippen LogP contribution is -2.31. The van der Waals surface area contributed by atoms with Crippen molar-refractivity contribution in [1.29, 1.82) is 0 Å². The smallest absolute Gasteiger partial charge is 0.238 e. The lowest BCUT2D eigenvalue weighted by molar-refractivity contribution is -0.151. The van der Waals surface area contributed by atoms with Crippen LogP contribution >= 0.6 is 0 Å². The van der Waals surface area contributed by atoms with Crippen molar-refractivity contribution in [2.24, 2.45) is 0 Å². The quantitative estimate of drug-likeness (QED) is 0.150. The number of benzene rings is 4. The number of rotatable bonds is 10. The summed E-state index contributed by atoms with van der Waals surface area (Å²) < 4.78 is 6.97. The van der Waals surface area contributed by atoms with Crippen LogP contribution in [-0.4, -0.2) is 19.9 Å². The molecule has 1 aliphatic heterocycles. The normalized spacial score (nSPS) is 14.4. The van der Waals surface area contributed by atoms with Gasteiger partial charge in [0.15, 0.2) is 11.6 Å². The van der Waals surface area contributed by atoms with Crippen LogP contribution in [0.4, 0.5) is 17.3 Å². The molecule has 0 radical (unpaired) electrons. The summed E-state index contributed by atoms with van der Waals surface area (Å²) in [6.07, 6.45) is 5.65. The maximum Gasteiger partial charge on any atom is 0.238 e. The Hall–Kier alpha value is -5.20. The van der Waals surface area contributed by atoms with Gasteiger partial charge in [0, 0.05) is 34.3 Å². The Kier molecular flexibility index (Phi) is 8.59. The van der Waals surface area contributed by atoms with Crippen molar-refractivity contribution in [2.45, 2.75) is 64.6 Å². The number of anilines is 3. The first-order valence-electron chi connectivity index (χ1n) is 17.1. The van der Waals surface area contributed by atoms with Crippen molar-refractivity contribution in [3.05, 3.63) is 139 Å². The van der Waals surface area contributed by atoms with Crippen LogP contribution in [0.5, 0.6) is 0 Å². The van der Waals surface area contributed by atoms with Gasteiger partial charge in [0.25, 0.3) is 0 Å². The molecule has 0 fully saturated rings. The number of para-hydroxylation sites is 2. The molecule has 0 atom stereocenters. The molecule has 0 spiro atoms. The van der Waals surface area contributed by atoms with Crippen molar-refractivity contribution in [1.82, 2.24) is 19.9 Å². The van der Waals surface area contributed by atoms with Gasteiger partial charge in [-0.2, -0.15) is 9.97 Å². The molecule has 0 unspecified atom stereocenters. The van der Waals surface area contributed by atoms with Gasteiger partial charge in [-0.15, -0.1) is 0 Å². The third-order valence-electron chi connectivity index (χ3n) is 9.88. The van der Waals surface area contributed by atoms with Gasteiger partial charge < -0.3 is 4.74 Å². The first-order valence-corrected chi connectivity index (χ1v) is 17.1. The average molecular weight is 632 g/mol. The number of aromatic nitrogens is 4. The summed E-state index contributed by atoms with van der Waals surface area (Å²) in [4.78, 5) is 22.1. The zero-order chi connectivity index (χ0) is 33.1. The average Bonchev–Trinajstić information content (AvgIpc) is 3.46. The number of hydrogen-bond acceptors (Lipinski definition) is 6. The van der Waals surface area contributed by atoms with E-state index in [1.165, 1.54) is 11.1 Å². The molecule has 3 heterocycles. The van der Waals surface area contributed by atoms with Crippen molar-refractivity contribution >= 4 is 17.3 Å². The van der Waals surface area contributed by atoms with Crippen LogP contribution in [0.15, 0.2) is 128 Å². The fraction of sp³-hybridized carbons (Fsp3) is 0.238. The van der Waals surface area contributed by atoms with Gasteiger partial charge in [-0.25, -0.2) is 4.98 Å². The SMILES string of the molecule is CCC1(CC)OC(CC)(CC)c2cc(-c3ccc(-c4nc(-c5ccccc5)nc(N(c5ccccc5)c5ccccc5)n4)cn3)ccc21. The zero-order valence-corrected chi connectivity index (χ0v) is 28.1. The zero-order valence-electron chi connectivity index (χ0n) is 28.1. The van der Waals surface area contributed by atoms with Gasteiger partial charge in [0.1, 0.15) is 0 Å². The maximum absolute atomic E-state index is 6.97. The third-order valence-corrected chi connectivity index (χ3v) is 9.88. The van der Waals surface area contributed by atoms with Crippen LogP contribution < -0.4 is 4.90 Å². The standard InChI is InChI=1S/C42H41N5O/c1-5-41(6-2)35-26-24-31(28-36(35)42(7-3,8-4)48-41)37-27-25-32(29-43-37)39-44-38(30-18-12-9-13-19-30)45-40(46-39)47(33-20-14-10-15-21-33)34-22-16-11-17-23-34/h9-29H,5-8H2,1-4H3. The molecule has 7 rings (SSSR count). The second kappa shape index (κ2) is 13.1. The highest BCUT2D eigenvalue weighted by atomic mass is 16.5. The summed E-state index contributed by atoms with van der Waals surface area (Å²) in [5, 5.41) is 0. The Balaban J connectivity index is 1.32. The number of nitrogens with zero attached hydrogens (tertiary/aromatic N) is 5. The highest BCUT2D eigenvalue weighted by Crippen LogP contribution is 2.54. The Morgan fingerprint density at radius 2 is 1.04 bits per heavy atom. The summed E-state index contributed by atoms with van der Waals surface area (Å²) in [5.74, 6) is 1.69. The van der Waals surface area contributed by atoms with Crippen LogP contribution in [-0.2, 0) is 15.9 Å². The van der Waals surface area contributed by atoms with E-state index in [9.17, 15) is 0 Å². The molecule has 1 aliphatic rings. The molecule has 0 amide bonds. The minimum Gasteiger partial charge on any atom is -0.359 e. The fourth-order valence-corrected chi connectivity index (χ4v) is 7.05. The molecule has 6 heteroatoms. The highest BCUT2D eigenvalue weighted by Gasteiger charge is 2.49. The molecule has 0 N–H and O–H groups in total. The van der Waals surface area contributed by atoms with Crippen LogP contribution in [0.2, 0.25) is 0 Å².